The molecule has 0 bridgehead atoms. The monoisotopic (exact) mass is 435 g/mol. The van der Waals surface area contributed by atoms with Crippen LogP contribution in [-0.2, 0) is 0 Å². The van der Waals surface area contributed by atoms with Gasteiger partial charge in [0.2, 0.25) is 0 Å². The van der Waals surface area contributed by atoms with Crippen LogP contribution < -0.4 is 5.46 Å². The van der Waals surface area contributed by atoms with Crippen molar-refractivity contribution >= 4 is 35.1 Å². The van der Waals surface area contributed by atoms with E-state index in [1.54, 1.807) is 0 Å². The molecule has 5 aromatic carbocycles. The second-order valence-electron chi connectivity index (χ2n) is 9.27. The van der Waals surface area contributed by atoms with Gasteiger partial charge in [0.1, 0.15) is 7.85 Å². The molecular weight excluding hydrogens is 409 g/mol. The molecule has 0 radical (unpaired) electrons. The first-order valence-corrected chi connectivity index (χ1v) is 11.9. The summed E-state index contributed by atoms with van der Waals surface area (Å²) in [6.07, 6.45) is 0. The molecule has 0 saturated carbocycles. The van der Waals surface area contributed by atoms with Crippen LogP contribution in [-0.4, -0.2) is 12.4 Å². The van der Waals surface area contributed by atoms with Crippen molar-refractivity contribution < 1.29 is 0 Å². The van der Waals surface area contributed by atoms with Crippen molar-refractivity contribution in [1.82, 2.24) is 4.57 Å². The Morgan fingerprint density at radius 2 is 1.15 bits per heavy atom. The van der Waals surface area contributed by atoms with Gasteiger partial charge in [0.05, 0.1) is 11.0 Å². The Balaban J connectivity index is 1.58. The van der Waals surface area contributed by atoms with Crippen molar-refractivity contribution in [2.75, 3.05) is 0 Å². The van der Waals surface area contributed by atoms with E-state index in [9.17, 15) is 0 Å². The summed E-state index contributed by atoms with van der Waals surface area (Å²) in [4.78, 5) is 0. The maximum Gasteiger partial charge on any atom is 0.139 e. The Kier molecular flexibility index (Phi) is 4.88. The molecule has 6 rings (SSSR count). The summed E-state index contributed by atoms with van der Waals surface area (Å²) in [5.74, 6) is 0. The summed E-state index contributed by atoms with van der Waals surface area (Å²) in [5, 5.41) is 2.59. The van der Waals surface area contributed by atoms with Crippen molar-refractivity contribution in [2.24, 2.45) is 0 Å². The highest BCUT2D eigenvalue weighted by atomic mass is 15.0. The molecule has 0 aliphatic carbocycles. The van der Waals surface area contributed by atoms with Gasteiger partial charge in [-0.1, -0.05) is 78.3 Å². The SMILES string of the molecule is Bc1ccc2c(c1)c1cc(-c3ccc(C)c(-c4ccccc4C)c3)ccc1n2-c1ccccc1. The average Bonchev–Trinajstić information content (AvgIpc) is 3.18. The van der Waals surface area contributed by atoms with Crippen LogP contribution in [0.2, 0.25) is 0 Å². The second-order valence-corrected chi connectivity index (χ2v) is 9.27. The fraction of sp³-hybridized carbons (Fsp3) is 0.0625. The zero-order valence-corrected chi connectivity index (χ0v) is 19.8. The van der Waals surface area contributed by atoms with Crippen LogP contribution in [0.4, 0.5) is 0 Å². The van der Waals surface area contributed by atoms with E-state index in [0.717, 1.165) is 0 Å². The summed E-state index contributed by atoms with van der Waals surface area (Å²) in [6, 6.07) is 39.8. The number of nitrogens with zero attached hydrogens (tertiary/aromatic N) is 1. The normalized spacial score (nSPS) is 11.4. The molecule has 162 valence electrons. The third-order valence-corrected chi connectivity index (χ3v) is 6.94. The van der Waals surface area contributed by atoms with Gasteiger partial charge >= 0.3 is 0 Å². The van der Waals surface area contributed by atoms with Crippen molar-refractivity contribution in [3.05, 3.63) is 120 Å². The number of aromatic nitrogens is 1. The topological polar surface area (TPSA) is 4.93 Å². The van der Waals surface area contributed by atoms with E-state index in [4.69, 9.17) is 0 Å². The van der Waals surface area contributed by atoms with E-state index in [1.807, 2.05) is 0 Å². The Labute approximate surface area is 201 Å². The van der Waals surface area contributed by atoms with Crippen molar-refractivity contribution in [1.29, 1.82) is 0 Å². The third-order valence-electron chi connectivity index (χ3n) is 6.94. The van der Waals surface area contributed by atoms with E-state index in [-0.39, 0.29) is 0 Å². The van der Waals surface area contributed by atoms with E-state index in [0.29, 0.717) is 0 Å². The lowest BCUT2D eigenvalue weighted by atomic mass is 9.92. The molecule has 0 saturated heterocycles. The minimum Gasteiger partial charge on any atom is -0.309 e. The van der Waals surface area contributed by atoms with Gasteiger partial charge in [-0.2, -0.15) is 0 Å². The van der Waals surface area contributed by atoms with Gasteiger partial charge in [0.25, 0.3) is 0 Å². The molecule has 0 N–H and O–H groups in total. The second kappa shape index (κ2) is 8.07. The fourth-order valence-corrected chi connectivity index (χ4v) is 5.14. The van der Waals surface area contributed by atoms with Crippen LogP contribution in [0.15, 0.2) is 109 Å². The molecule has 1 aromatic heterocycles. The van der Waals surface area contributed by atoms with Crippen LogP contribution in [0.5, 0.6) is 0 Å². The van der Waals surface area contributed by atoms with Gasteiger partial charge in [-0.05, 0) is 83.6 Å². The molecule has 0 amide bonds. The highest BCUT2D eigenvalue weighted by Crippen LogP contribution is 2.36. The molecule has 0 unspecified atom stereocenters. The molecule has 1 nitrogen and oxygen atoms in total. The maximum absolute atomic E-state index is 2.38. The molecule has 0 aliphatic rings. The molecular formula is C32H26BN. The Morgan fingerprint density at radius 1 is 0.529 bits per heavy atom. The van der Waals surface area contributed by atoms with Gasteiger partial charge in [-0.15, -0.1) is 0 Å². The minimum atomic E-state index is 1.19. The number of fused-ring (bicyclic) bond motifs is 3. The number of hydrogen-bond donors (Lipinski definition) is 0. The van der Waals surface area contributed by atoms with Gasteiger partial charge < -0.3 is 4.57 Å². The summed E-state index contributed by atoms with van der Waals surface area (Å²) < 4.78 is 2.38. The zero-order chi connectivity index (χ0) is 23.2. The first-order chi connectivity index (χ1) is 16.6. The van der Waals surface area contributed by atoms with Gasteiger partial charge in [-0.3, -0.25) is 0 Å². The predicted molar refractivity (Wildman–Crippen MR) is 149 cm³/mol. The van der Waals surface area contributed by atoms with Gasteiger partial charge in [0, 0.05) is 16.5 Å². The Hall–Kier alpha value is -4.04. The van der Waals surface area contributed by atoms with Crippen molar-refractivity contribution in [2.45, 2.75) is 13.8 Å². The van der Waals surface area contributed by atoms with Crippen LogP contribution in [0, 0.1) is 13.8 Å². The standard InChI is InChI=1S/C32H26BN/c1-21-8-6-7-11-27(21)28-18-23(13-12-22(28)2)24-14-16-31-29(19-24)30-20-25(33)15-17-32(30)34(31)26-9-4-3-5-10-26/h3-20H,33H2,1-2H3. The fourth-order valence-electron chi connectivity index (χ4n) is 5.14. The summed E-state index contributed by atoms with van der Waals surface area (Å²) in [5.41, 5.74) is 12.7. The lowest BCUT2D eigenvalue weighted by Gasteiger charge is -2.12. The average molecular weight is 435 g/mol. The molecule has 6 aromatic rings. The molecule has 34 heavy (non-hydrogen) atoms. The van der Waals surface area contributed by atoms with Crippen LogP contribution in [0.3, 0.4) is 0 Å². The van der Waals surface area contributed by atoms with Crippen LogP contribution in [0.25, 0.3) is 49.7 Å². The highest BCUT2D eigenvalue weighted by Gasteiger charge is 2.14. The first kappa shape index (κ1) is 20.6. The number of aryl methyl sites for hydroxylation is 2. The van der Waals surface area contributed by atoms with Gasteiger partial charge in [-0.25, -0.2) is 0 Å². The third kappa shape index (κ3) is 3.35. The lowest BCUT2D eigenvalue weighted by molar-refractivity contribution is 1.18. The Bertz CT molecular complexity index is 1680. The van der Waals surface area contributed by atoms with E-state index < -0.39 is 0 Å². The molecule has 0 spiro atoms. The molecule has 0 aliphatic heterocycles. The predicted octanol–water partition coefficient (Wildman–Crippen LogP) is 6.99. The van der Waals surface area contributed by atoms with Crippen molar-refractivity contribution in [3.8, 4) is 27.9 Å². The quantitative estimate of drug-likeness (QED) is 0.264. The minimum absolute atomic E-state index is 1.19. The molecule has 1 heterocycles. The summed E-state index contributed by atoms with van der Waals surface area (Å²) in [6.45, 7) is 4.39. The maximum atomic E-state index is 2.38. The Morgan fingerprint density at radius 3 is 1.94 bits per heavy atom. The van der Waals surface area contributed by atoms with Gasteiger partial charge in [0.15, 0.2) is 0 Å². The highest BCUT2D eigenvalue weighted by molar-refractivity contribution is 6.34. The number of hydrogen-bond acceptors (Lipinski definition) is 0. The molecule has 2 heteroatoms. The largest absolute Gasteiger partial charge is 0.309 e. The molecule has 0 atom stereocenters. The van der Waals surface area contributed by atoms with E-state index in [2.05, 4.69) is 135 Å². The summed E-state index contributed by atoms with van der Waals surface area (Å²) >= 11 is 0. The van der Waals surface area contributed by atoms with E-state index in [1.165, 1.54) is 66.3 Å². The number of benzene rings is 5. The number of para-hydroxylation sites is 1. The van der Waals surface area contributed by atoms with Crippen LogP contribution in [0.1, 0.15) is 11.1 Å². The smallest absolute Gasteiger partial charge is 0.139 e. The zero-order valence-electron chi connectivity index (χ0n) is 19.8. The lowest BCUT2D eigenvalue weighted by Crippen LogP contribution is -2.00. The summed E-state index contributed by atoms with van der Waals surface area (Å²) in [7, 11) is 2.17. The first-order valence-electron chi connectivity index (χ1n) is 11.9. The number of rotatable bonds is 3. The van der Waals surface area contributed by atoms with E-state index >= 15 is 0 Å². The van der Waals surface area contributed by atoms with Crippen molar-refractivity contribution in [3.63, 3.8) is 0 Å². The molecule has 0 fully saturated rings. The van der Waals surface area contributed by atoms with Crippen LogP contribution >= 0.6 is 0 Å².